The molecule has 0 N–H and O–H groups in total. The number of aliphatic imine (C=N–C) groups is 1. The van der Waals surface area contributed by atoms with E-state index >= 15 is 4.39 Å². The Morgan fingerprint density at radius 1 is 1.17 bits per heavy atom. The number of benzene rings is 2. The summed E-state index contributed by atoms with van der Waals surface area (Å²) in [5, 5.41) is 0. The van der Waals surface area contributed by atoms with Gasteiger partial charge in [0.15, 0.2) is 5.82 Å². The van der Waals surface area contributed by atoms with Crippen LogP contribution in [0, 0.1) is 24.5 Å². The van der Waals surface area contributed by atoms with Crippen LogP contribution in [-0.4, -0.2) is 32.0 Å². The van der Waals surface area contributed by atoms with E-state index in [0.717, 1.165) is 31.6 Å². The molecule has 2 aromatic rings. The zero-order valence-electron chi connectivity index (χ0n) is 17.1. The number of hydrogen-bond donors (Lipinski definition) is 0. The molecule has 2 atom stereocenters. The van der Waals surface area contributed by atoms with Crippen molar-refractivity contribution < 1.29 is 13.5 Å². The average molecular weight is 398 g/mol. The Bertz CT molecular complexity index is 889. The summed E-state index contributed by atoms with van der Waals surface area (Å²) in [6.07, 6.45) is 6.13. The van der Waals surface area contributed by atoms with Crippen molar-refractivity contribution in [1.82, 2.24) is 0 Å². The van der Waals surface area contributed by atoms with Gasteiger partial charge in [0.25, 0.3) is 0 Å². The van der Waals surface area contributed by atoms with Gasteiger partial charge in [-0.3, -0.25) is 4.99 Å². The first-order valence-electron chi connectivity index (χ1n) is 10.5. The second-order valence-corrected chi connectivity index (χ2v) is 8.25. The minimum absolute atomic E-state index is 0.00598. The van der Waals surface area contributed by atoms with Crippen LogP contribution in [-0.2, 0) is 4.74 Å². The summed E-state index contributed by atoms with van der Waals surface area (Å²) in [4.78, 5) is 6.67. The van der Waals surface area contributed by atoms with Crippen molar-refractivity contribution in [1.29, 1.82) is 0 Å². The molecule has 29 heavy (non-hydrogen) atoms. The van der Waals surface area contributed by atoms with E-state index in [1.807, 2.05) is 12.1 Å². The highest BCUT2D eigenvalue weighted by atomic mass is 19.1. The van der Waals surface area contributed by atoms with Gasteiger partial charge in [-0.05, 0) is 74.8 Å². The Morgan fingerprint density at radius 2 is 1.90 bits per heavy atom. The summed E-state index contributed by atoms with van der Waals surface area (Å²) < 4.78 is 35.5. The number of aryl methyl sites for hydroxylation is 1. The summed E-state index contributed by atoms with van der Waals surface area (Å²) >= 11 is 0. The van der Waals surface area contributed by atoms with Crippen LogP contribution in [0.25, 0.3) is 11.1 Å². The fraction of sp³-hybridized carbons (Fsp3) is 0.458. The van der Waals surface area contributed by atoms with E-state index in [4.69, 9.17) is 4.74 Å². The van der Waals surface area contributed by atoms with Gasteiger partial charge in [0.05, 0.1) is 18.3 Å². The Labute approximate surface area is 171 Å². The third-order valence-corrected chi connectivity index (χ3v) is 5.95. The Balaban J connectivity index is 1.57. The molecule has 0 spiro atoms. The van der Waals surface area contributed by atoms with Gasteiger partial charge < -0.3 is 9.64 Å². The largest absolute Gasteiger partial charge is 0.378 e. The molecule has 0 aromatic heterocycles. The number of ether oxygens (including phenoxy) is 1. The summed E-state index contributed by atoms with van der Waals surface area (Å²) in [5.41, 5.74) is 2.36. The van der Waals surface area contributed by atoms with Crippen LogP contribution in [0.3, 0.4) is 0 Å². The maximum absolute atomic E-state index is 15.3. The van der Waals surface area contributed by atoms with Crippen molar-refractivity contribution in [3.63, 3.8) is 0 Å². The maximum atomic E-state index is 15.3. The van der Waals surface area contributed by atoms with Gasteiger partial charge in [-0.15, -0.1) is 0 Å². The highest BCUT2D eigenvalue weighted by Gasteiger charge is 2.22. The second-order valence-electron chi connectivity index (χ2n) is 8.25. The van der Waals surface area contributed by atoms with Gasteiger partial charge in [-0.25, -0.2) is 8.78 Å². The Morgan fingerprint density at radius 3 is 2.55 bits per heavy atom. The van der Waals surface area contributed by atoms with Gasteiger partial charge in [0.2, 0.25) is 0 Å². The van der Waals surface area contributed by atoms with Gasteiger partial charge in [-0.2, -0.15) is 0 Å². The van der Waals surface area contributed by atoms with E-state index in [1.165, 1.54) is 18.9 Å². The molecule has 0 aliphatic carbocycles. The molecule has 2 aromatic carbocycles. The normalized spacial score (nSPS) is 22.1. The molecule has 3 nitrogen and oxygen atoms in total. The lowest BCUT2D eigenvalue weighted by atomic mass is 10.00. The van der Waals surface area contributed by atoms with Gasteiger partial charge in [0.1, 0.15) is 11.5 Å². The second kappa shape index (κ2) is 8.62. The molecule has 2 saturated heterocycles. The molecule has 2 fully saturated rings. The van der Waals surface area contributed by atoms with Crippen molar-refractivity contribution in [2.24, 2.45) is 10.9 Å². The monoisotopic (exact) mass is 398 g/mol. The van der Waals surface area contributed by atoms with Crippen LogP contribution >= 0.6 is 0 Å². The van der Waals surface area contributed by atoms with E-state index < -0.39 is 11.6 Å². The third kappa shape index (κ3) is 4.35. The quantitative estimate of drug-likeness (QED) is 0.572. The predicted molar refractivity (Wildman–Crippen MR) is 114 cm³/mol. The van der Waals surface area contributed by atoms with E-state index in [-0.39, 0.29) is 17.4 Å². The molecule has 0 amide bonds. The van der Waals surface area contributed by atoms with E-state index in [0.29, 0.717) is 23.7 Å². The SMILES string of the molecule is Cc1cc(F)c(-c2ccc(N3CCCC3)cc2)c(F)c1N=CCC1COC(C)C1. The topological polar surface area (TPSA) is 24.8 Å². The van der Waals surface area contributed by atoms with Crippen molar-refractivity contribution in [2.75, 3.05) is 24.6 Å². The Hall–Kier alpha value is -2.27. The average Bonchev–Trinajstić information content (AvgIpc) is 3.37. The molecule has 0 bridgehead atoms. The van der Waals surface area contributed by atoms with E-state index in [1.54, 1.807) is 25.3 Å². The van der Waals surface area contributed by atoms with Crippen LogP contribution < -0.4 is 4.90 Å². The molecular weight excluding hydrogens is 370 g/mol. The molecule has 2 aliphatic rings. The maximum Gasteiger partial charge on any atom is 0.159 e. The molecule has 2 heterocycles. The number of nitrogens with zero attached hydrogens (tertiary/aromatic N) is 2. The lowest BCUT2D eigenvalue weighted by molar-refractivity contribution is 0.120. The van der Waals surface area contributed by atoms with Crippen LogP contribution in [0.1, 0.15) is 38.2 Å². The zero-order valence-corrected chi connectivity index (χ0v) is 17.1. The highest BCUT2D eigenvalue weighted by molar-refractivity contribution is 5.74. The summed E-state index contributed by atoms with van der Waals surface area (Å²) in [7, 11) is 0. The summed E-state index contributed by atoms with van der Waals surface area (Å²) in [6.45, 7) is 6.54. The zero-order chi connectivity index (χ0) is 20.4. The first-order valence-corrected chi connectivity index (χ1v) is 10.5. The van der Waals surface area contributed by atoms with Gasteiger partial charge in [0, 0.05) is 25.0 Å². The summed E-state index contributed by atoms with van der Waals surface area (Å²) in [5.74, 6) is -0.732. The van der Waals surface area contributed by atoms with E-state index in [2.05, 4.69) is 16.8 Å². The number of rotatable bonds is 5. The molecule has 154 valence electrons. The van der Waals surface area contributed by atoms with Crippen LogP contribution in [0.2, 0.25) is 0 Å². The molecule has 5 heteroatoms. The van der Waals surface area contributed by atoms with Crippen molar-refractivity contribution in [2.45, 2.75) is 45.6 Å². The van der Waals surface area contributed by atoms with Crippen LogP contribution in [0.15, 0.2) is 35.3 Å². The lowest BCUT2D eigenvalue weighted by Crippen LogP contribution is -2.17. The molecule has 4 rings (SSSR count). The first-order chi connectivity index (χ1) is 14.0. The fourth-order valence-corrected chi connectivity index (χ4v) is 4.33. The van der Waals surface area contributed by atoms with Gasteiger partial charge >= 0.3 is 0 Å². The van der Waals surface area contributed by atoms with Crippen molar-refractivity contribution in [3.8, 4) is 11.1 Å². The lowest BCUT2D eigenvalue weighted by Gasteiger charge is -2.18. The van der Waals surface area contributed by atoms with Crippen molar-refractivity contribution >= 4 is 17.6 Å². The third-order valence-electron chi connectivity index (χ3n) is 5.95. The first kappa shape index (κ1) is 20.0. The minimum atomic E-state index is -0.594. The van der Waals surface area contributed by atoms with Crippen LogP contribution in [0.5, 0.6) is 0 Å². The molecule has 0 radical (unpaired) electrons. The predicted octanol–water partition coefficient (Wildman–Crippen LogP) is 6.06. The smallest absolute Gasteiger partial charge is 0.159 e. The van der Waals surface area contributed by atoms with Gasteiger partial charge in [-0.1, -0.05) is 12.1 Å². The number of hydrogen-bond acceptors (Lipinski definition) is 3. The molecular formula is C24H28F2N2O. The molecule has 2 aliphatic heterocycles. The fourth-order valence-electron chi connectivity index (χ4n) is 4.33. The van der Waals surface area contributed by atoms with Crippen LogP contribution in [0.4, 0.5) is 20.2 Å². The standard InChI is InChI=1S/C24H28F2N2O/c1-16-13-21(25)22(19-5-7-20(8-6-19)28-11-3-4-12-28)23(26)24(16)27-10-9-18-14-17(2)29-15-18/h5-8,10,13,17-18H,3-4,9,11-12,14-15H2,1-2H3. The highest BCUT2D eigenvalue weighted by Crippen LogP contribution is 2.36. The Kier molecular flexibility index (Phi) is 5.95. The van der Waals surface area contributed by atoms with E-state index in [9.17, 15) is 4.39 Å². The van der Waals surface area contributed by atoms with Crippen molar-refractivity contribution in [3.05, 3.63) is 47.5 Å². The summed E-state index contributed by atoms with van der Waals surface area (Å²) in [6, 6.07) is 8.87. The number of halogens is 2. The minimum Gasteiger partial charge on any atom is -0.378 e. The molecule has 0 saturated carbocycles. The molecule has 2 unspecified atom stereocenters. The number of anilines is 1.